The van der Waals surface area contributed by atoms with Crippen LogP contribution in [0.5, 0.6) is 0 Å². The Morgan fingerprint density at radius 2 is 1.88 bits per heavy atom. The zero-order chi connectivity index (χ0) is 23.9. The lowest BCUT2D eigenvalue weighted by atomic mass is 9.88. The number of piperazine rings is 1. The van der Waals surface area contributed by atoms with Crippen LogP contribution in [0, 0.1) is 5.92 Å². The number of pyridine rings is 1. The number of rotatable bonds is 8. The Labute approximate surface area is 201 Å². The zero-order valence-corrected chi connectivity index (χ0v) is 20.4. The first-order valence-electron chi connectivity index (χ1n) is 12.4. The summed E-state index contributed by atoms with van der Waals surface area (Å²) in [5.41, 5.74) is 2.03. The number of H-pyrrole nitrogens is 1. The molecule has 3 heterocycles. The molecule has 2 N–H and O–H groups in total. The van der Waals surface area contributed by atoms with Gasteiger partial charge in [-0.3, -0.25) is 9.59 Å². The van der Waals surface area contributed by atoms with Gasteiger partial charge in [-0.1, -0.05) is 25.3 Å². The van der Waals surface area contributed by atoms with E-state index in [0.717, 1.165) is 56.8 Å². The number of aromatic nitrogens is 3. The van der Waals surface area contributed by atoms with Crippen molar-refractivity contribution in [2.24, 2.45) is 5.92 Å². The minimum absolute atomic E-state index is 0.0122. The van der Waals surface area contributed by atoms with Crippen molar-refractivity contribution >= 4 is 17.6 Å². The molecule has 2 fully saturated rings. The molecule has 34 heavy (non-hydrogen) atoms. The first-order chi connectivity index (χ1) is 16.5. The third-order valence-electron chi connectivity index (χ3n) is 6.79. The van der Waals surface area contributed by atoms with Crippen LogP contribution in [0.1, 0.15) is 43.4 Å². The predicted octanol–water partition coefficient (Wildman–Crippen LogP) is 1.82. The summed E-state index contributed by atoms with van der Waals surface area (Å²) in [7, 11) is 4.09. The fourth-order valence-corrected chi connectivity index (χ4v) is 4.91. The minimum Gasteiger partial charge on any atom is -0.353 e. The number of hydrogen-bond donors (Lipinski definition) is 2. The molecule has 1 atom stereocenters. The van der Waals surface area contributed by atoms with Crippen LogP contribution in [0.3, 0.4) is 0 Å². The van der Waals surface area contributed by atoms with Crippen molar-refractivity contribution in [2.75, 3.05) is 45.2 Å². The summed E-state index contributed by atoms with van der Waals surface area (Å²) >= 11 is 0. The van der Waals surface area contributed by atoms with Gasteiger partial charge in [-0.2, -0.15) is 0 Å². The second kappa shape index (κ2) is 11.5. The van der Waals surface area contributed by atoms with Crippen molar-refractivity contribution in [1.29, 1.82) is 0 Å². The molecular weight excluding hydrogens is 430 g/mol. The average molecular weight is 468 g/mol. The van der Waals surface area contributed by atoms with Gasteiger partial charge in [0.2, 0.25) is 11.8 Å². The van der Waals surface area contributed by atoms with Gasteiger partial charge in [-0.05, 0) is 38.6 Å². The highest BCUT2D eigenvalue weighted by Crippen LogP contribution is 2.24. The molecule has 0 unspecified atom stereocenters. The summed E-state index contributed by atoms with van der Waals surface area (Å²) in [4.78, 5) is 44.4. The lowest BCUT2D eigenvalue weighted by molar-refractivity contribution is -0.138. The number of nitrogens with zero attached hydrogens (tertiary/aromatic N) is 5. The van der Waals surface area contributed by atoms with Crippen LogP contribution in [0.15, 0.2) is 30.9 Å². The van der Waals surface area contributed by atoms with Crippen molar-refractivity contribution in [2.45, 2.75) is 51.1 Å². The van der Waals surface area contributed by atoms with E-state index in [1.165, 1.54) is 12.0 Å². The maximum atomic E-state index is 13.5. The Kier molecular flexibility index (Phi) is 8.16. The summed E-state index contributed by atoms with van der Waals surface area (Å²) in [6.45, 7) is 3.52. The Morgan fingerprint density at radius 1 is 1.12 bits per heavy atom. The monoisotopic (exact) mass is 467 g/mol. The van der Waals surface area contributed by atoms with Gasteiger partial charge in [0.25, 0.3) is 0 Å². The molecule has 0 radical (unpaired) electrons. The standard InChI is InChI=1S/C25H37N7O2/c1-30(2)17-19-8-9-23(27-15-19)31-10-12-32(13-11-31)25(34)22(14-21-16-26-18-28-21)29-24(33)20-6-4-3-5-7-20/h8-9,15-16,18,20,22H,3-7,10-14,17H2,1-2H3,(H,26,28)(H,29,33)/t22-/m0/s1. The van der Waals surface area contributed by atoms with E-state index in [-0.39, 0.29) is 17.7 Å². The molecule has 184 valence electrons. The van der Waals surface area contributed by atoms with Gasteiger partial charge < -0.3 is 25.0 Å². The molecule has 0 aromatic carbocycles. The van der Waals surface area contributed by atoms with Gasteiger partial charge in [0.1, 0.15) is 11.9 Å². The SMILES string of the molecule is CN(C)Cc1ccc(N2CCN(C(=O)[C@H](Cc3cnc[nH]3)NC(=O)C3CCCCC3)CC2)nc1. The molecule has 4 rings (SSSR count). The first-order valence-corrected chi connectivity index (χ1v) is 12.4. The number of hydrogen-bond acceptors (Lipinski definition) is 6. The quantitative estimate of drug-likeness (QED) is 0.615. The minimum atomic E-state index is -0.579. The molecule has 0 bridgehead atoms. The van der Waals surface area contributed by atoms with Gasteiger partial charge in [0.15, 0.2) is 0 Å². The number of carbonyl (C=O) groups is 2. The highest BCUT2D eigenvalue weighted by atomic mass is 16.2. The van der Waals surface area contributed by atoms with E-state index in [4.69, 9.17) is 0 Å². The van der Waals surface area contributed by atoms with Gasteiger partial charge in [0.05, 0.1) is 6.33 Å². The largest absolute Gasteiger partial charge is 0.353 e. The van der Waals surface area contributed by atoms with Crippen molar-refractivity contribution in [3.63, 3.8) is 0 Å². The highest BCUT2D eigenvalue weighted by molar-refractivity contribution is 5.89. The van der Waals surface area contributed by atoms with Crippen LogP contribution < -0.4 is 10.2 Å². The van der Waals surface area contributed by atoms with E-state index in [1.54, 1.807) is 12.5 Å². The lowest BCUT2D eigenvalue weighted by Crippen LogP contribution is -2.56. The number of nitrogens with one attached hydrogen (secondary N) is 2. The summed E-state index contributed by atoms with van der Waals surface area (Å²) in [6, 6.07) is 3.59. The number of amides is 2. The fraction of sp³-hybridized carbons (Fsp3) is 0.600. The van der Waals surface area contributed by atoms with Crippen LogP contribution in [0.25, 0.3) is 0 Å². The van der Waals surface area contributed by atoms with Crippen LogP contribution >= 0.6 is 0 Å². The van der Waals surface area contributed by atoms with E-state index in [2.05, 4.69) is 42.2 Å². The molecule has 2 aromatic heterocycles. The fourth-order valence-electron chi connectivity index (χ4n) is 4.91. The second-order valence-electron chi connectivity index (χ2n) is 9.75. The highest BCUT2D eigenvalue weighted by Gasteiger charge is 2.31. The summed E-state index contributed by atoms with van der Waals surface area (Å²) in [6.07, 6.45) is 10.9. The average Bonchev–Trinajstić information content (AvgIpc) is 3.37. The van der Waals surface area contributed by atoms with Crippen molar-refractivity contribution in [1.82, 2.24) is 30.1 Å². The molecule has 9 nitrogen and oxygen atoms in total. The third kappa shape index (κ3) is 6.34. The van der Waals surface area contributed by atoms with E-state index in [1.807, 2.05) is 25.2 Å². The van der Waals surface area contributed by atoms with Crippen molar-refractivity contribution in [3.05, 3.63) is 42.1 Å². The van der Waals surface area contributed by atoms with Gasteiger partial charge in [-0.15, -0.1) is 0 Å². The lowest BCUT2D eigenvalue weighted by Gasteiger charge is -2.37. The Bertz CT molecular complexity index is 915. The number of imidazole rings is 1. The van der Waals surface area contributed by atoms with E-state index < -0.39 is 6.04 Å². The third-order valence-corrected chi connectivity index (χ3v) is 6.79. The Morgan fingerprint density at radius 3 is 2.50 bits per heavy atom. The summed E-state index contributed by atoms with van der Waals surface area (Å²) in [5.74, 6) is 0.948. The molecule has 2 aliphatic rings. The Hall–Kier alpha value is -2.94. The zero-order valence-electron chi connectivity index (χ0n) is 20.4. The molecule has 0 spiro atoms. The predicted molar refractivity (Wildman–Crippen MR) is 131 cm³/mol. The van der Waals surface area contributed by atoms with Crippen LogP contribution in [-0.2, 0) is 22.6 Å². The number of carbonyl (C=O) groups excluding carboxylic acids is 2. The van der Waals surface area contributed by atoms with Gasteiger partial charge in [-0.25, -0.2) is 9.97 Å². The smallest absolute Gasteiger partial charge is 0.245 e. The molecule has 9 heteroatoms. The summed E-state index contributed by atoms with van der Waals surface area (Å²) in [5, 5.41) is 3.08. The molecular formula is C25H37N7O2. The van der Waals surface area contributed by atoms with E-state index in [9.17, 15) is 9.59 Å². The molecule has 1 saturated carbocycles. The molecule has 1 aliphatic heterocycles. The molecule has 1 saturated heterocycles. The van der Waals surface area contributed by atoms with Crippen molar-refractivity contribution in [3.8, 4) is 0 Å². The topological polar surface area (TPSA) is 97.5 Å². The second-order valence-corrected chi connectivity index (χ2v) is 9.75. The van der Waals surface area contributed by atoms with Crippen molar-refractivity contribution < 1.29 is 9.59 Å². The molecule has 1 aliphatic carbocycles. The first kappa shape index (κ1) is 24.2. The van der Waals surface area contributed by atoms with Crippen LogP contribution in [-0.4, -0.2) is 82.9 Å². The number of aromatic amines is 1. The normalized spacial score (nSPS) is 18.2. The molecule has 2 aromatic rings. The van der Waals surface area contributed by atoms with Gasteiger partial charge >= 0.3 is 0 Å². The Balaban J connectivity index is 1.36. The number of anilines is 1. The maximum absolute atomic E-state index is 13.5. The maximum Gasteiger partial charge on any atom is 0.245 e. The summed E-state index contributed by atoms with van der Waals surface area (Å²) < 4.78 is 0. The van der Waals surface area contributed by atoms with Crippen LogP contribution in [0.2, 0.25) is 0 Å². The van der Waals surface area contributed by atoms with E-state index >= 15 is 0 Å². The molecule has 2 amide bonds. The van der Waals surface area contributed by atoms with Crippen LogP contribution in [0.4, 0.5) is 5.82 Å². The van der Waals surface area contributed by atoms with Gasteiger partial charge in [0, 0.05) is 63.2 Å². The van der Waals surface area contributed by atoms with E-state index in [0.29, 0.717) is 19.5 Å².